The van der Waals surface area contributed by atoms with Crippen LogP contribution in [-0.2, 0) is 15.7 Å². The van der Waals surface area contributed by atoms with E-state index in [2.05, 4.69) is 5.32 Å². The van der Waals surface area contributed by atoms with E-state index in [-0.39, 0.29) is 23.8 Å². The minimum Gasteiger partial charge on any atom is -0.496 e. The molecular formula is C21H21F3N2O5. The summed E-state index contributed by atoms with van der Waals surface area (Å²) in [5.41, 5.74) is -0.542. The Hall–Kier alpha value is -3.27. The van der Waals surface area contributed by atoms with E-state index < -0.39 is 17.6 Å². The van der Waals surface area contributed by atoms with Crippen LogP contribution in [-0.4, -0.2) is 56.7 Å². The molecule has 2 aromatic rings. The van der Waals surface area contributed by atoms with Gasteiger partial charge in [0.25, 0.3) is 11.8 Å². The van der Waals surface area contributed by atoms with Crippen molar-refractivity contribution in [2.45, 2.75) is 6.18 Å². The van der Waals surface area contributed by atoms with Crippen molar-refractivity contribution in [3.05, 3.63) is 53.6 Å². The molecule has 1 aliphatic rings. The number of morpholine rings is 1. The Balaban J connectivity index is 1.59. The predicted molar refractivity (Wildman–Crippen MR) is 105 cm³/mol. The minimum atomic E-state index is -4.54. The van der Waals surface area contributed by atoms with Crippen LogP contribution in [0.25, 0.3) is 0 Å². The summed E-state index contributed by atoms with van der Waals surface area (Å²) in [5.74, 6) is -0.516. The van der Waals surface area contributed by atoms with Gasteiger partial charge in [0.15, 0.2) is 6.61 Å². The quantitative estimate of drug-likeness (QED) is 0.750. The second-order valence-electron chi connectivity index (χ2n) is 6.67. The first-order chi connectivity index (χ1) is 14.8. The van der Waals surface area contributed by atoms with E-state index in [9.17, 15) is 22.8 Å². The Morgan fingerprint density at radius 2 is 1.77 bits per heavy atom. The summed E-state index contributed by atoms with van der Waals surface area (Å²) in [6, 6.07) is 8.92. The number of hydrogen-bond donors (Lipinski definition) is 1. The SMILES string of the molecule is COc1cc(C(F)(F)F)ccc1C(=O)Nc1ccc(OCC(=O)N2CCOCC2)cc1. The molecule has 10 heteroatoms. The molecular weight excluding hydrogens is 417 g/mol. The molecule has 1 aliphatic heterocycles. The van der Waals surface area contributed by atoms with Gasteiger partial charge in [-0.2, -0.15) is 13.2 Å². The molecule has 0 unspecified atom stereocenters. The summed E-state index contributed by atoms with van der Waals surface area (Å²) in [7, 11) is 1.19. The average molecular weight is 438 g/mol. The zero-order valence-electron chi connectivity index (χ0n) is 16.7. The number of methoxy groups -OCH3 is 1. The Kier molecular flexibility index (Phi) is 7.01. The number of amides is 2. The summed E-state index contributed by atoms with van der Waals surface area (Å²) in [6.07, 6.45) is -4.54. The van der Waals surface area contributed by atoms with Crippen molar-refractivity contribution < 1.29 is 37.0 Å². The molecule has 3 rings (SSSR count). The summed E-state index contributed by atoms with van der Waals surface area (Å²) < 4.78 is 54.1. The van der Waals surface area contributed by atoms with Crippen LogP contribution in [0.5, 0.6) is 11.5 Å². The Bertz CT molecular complexity index is 926. The van der Waals surface area contributed by atoms with Crippen molar-refractivity contribution in [2.75, 3.05) is 45.3 Å². The molecule has 0 bridgehead atoms. The molecule has 1 fully saturated rings. The second-order valence-corrected chi connectivity index (χ2v) is 6.67. The molecule has 0 aromatic heterocycles. The van der Waals surface area contributed by atoms with Gasteiger partial charge in [0.1, 0.15) is 11.5 Å². The third-order valence-electron chi connectivity index (χ3n) is 4.61. The van der Waals surface area contributed by atoms with Gasteiger partial charge < -0.3 is 24.4 Å². The van der Waals surface area contributed by atoms with E-state index in [4.69, 9.17) is 14.2 Å². The molecule has 2 aromatic carbocycles. The van der Waals surface area contributed by atoms with Gasteiger partial charge in [-0.25, -0.2) is 0 Å². The highest BCUT2D eigenvalue weighted by Gasteiger charge is 2.31. The summed E-state index contributed by atoms with van der Waals surface area (Å²) in [5, 5.41) is 2.59. The lowest BCUT2D eigenvalue weighted by Gasteiger charge is -2.26. The molecule has 0 aliphatic carbocycles. The number of rotatable bonds is 6. The fourth-order valence-corrected chi connectivity index (χ4v) is 2.94. The van der Waals surface area contributed by atoms with Crippen LogP contribution in [0.1, 0.15) is 15.9 Å². The highest BCUT2D eigenvalue weighted by atomic mass is 19.4. The highest BCUT2D eigenvalue weighted by molar-refractivity contribution is 6.06. The number of benzene rings is 2. The zero-order valence-corrected chi connectivity index (χ0v) is 16.7. The number of anilines is 1. The molecule has 1 heterocycles. The Labute approximate surface area is 176 Å². The minimum absolute atomic E-state index is 0.0352. The molecule has 31 heavy (non-hydrogen) atoms. The third kappa shape index (κ3) is 5.88. The topological polar surface area (TPSA) is 77.1 Å². The predicted octanol–water partition coefficient (Wildman–Crippen LogP) is 3.20. The van der Waals surface area contributed by atoms with Gasteiger partial charge in [-0.3, -0.25) is 9.59 Å². The van der Waals surface area contributed by atoms with E-state index >= 15 is 0 Å². The molecule has 1 saturated heterocycles. The smallest absolute Gasteiger partial charge is 0.416 e. The monoisotopic (exact) mass is 438 g/mol. The summed E-state index contributed by atoms with van der Waals surface area (Å²) in [4.78, 5) is 26.2. The van der Waals surface area contributed by atoms with Gasteiger partial charge in [0.2, 0.25) is 0 Å². The average Bonchev–Trinajstić information content (AvgIpc) is 2.77. The molecule has 2 amide bonds. The van der Waals surface area contributed by atoms with E-state index in [1.54, 1.807) is 29.2 Å². The first kappa shape index (κ1) is 22.4. The largest absolute Gasteiger partial charge is 0.496 e. The van der Waals surface area contributed by atoms with Crippen LogP contribution in [0.2, 0.25) is 0 Å². The lowest BCUT2D eigenvalue weighted by atomic mass is 10.1. The van der Waals surface area contributed by atoms with Gasteiger partial charge in [-0.05, 0) is 42.5 Å². The van der Waals surface area contributed by atoms with Gasteiger partial charge in [0.05, 0.1) is 31.5 Å². The van der Waals surface area contributed by atoms with Gasteiger partial charge in [-0.1, -0.05) is 0 Å². The van der Waals surface area contributed by atoms with E-state index in [0.717, 1.165) is 18.2 Å². The Morgan fingerprint density at radius 3 is 2.39 bits per heavy atom. The first-order valence-corrected chi connectivity index (χ1v) is 9.43. The van der Waals surface area contributed by atoms with Crippen LogP contribution in [0, 0.1) is 0 Å². The maximum absolute atomic E-state index is 12.8. The van der Waals surface area contributed by atoms with E-state index in [1.807, 2.05) is 0 Å². The normalized spacial score (nSPS) is 14.1. The van der Waals surface area contributed by atoms with Crippen molar-refractivity contribution >= 4 is 17.5 Å². The molecule has 0 spiro atoms. The van der Waals surface area contributed by atoms with Gasteiger partial charge in [-0.15, -0.1) is 0 Å². The first-order valence-electron chi connectivity index (χ1n) is 9.43. The van der Waals surface area contributed by atoms with Crippen molar-refractivity contribution in [1.82, 2.24) is 4.90 Å². The van der Waals surface area contributed by atoms with Gasteiger partial charge >= 0.3 is 6.18 Å². The van der Waals surface area contributed by atoms with Crippen LogP contribution < -0.4 is 14.8 Å². The third-order valence-corrected chi connectivity index (χ3v) is 4.61. The van der Waals surface area contributed by atoms with Crippen LogP contribution in [0.15, 0.2) is 42.5 Å². The van der Waals surface area contributed by atoms with Crippen LogP contribution in [0.4, 0.5) is 18.9 Å². The lowest BCUT2D eigenvalue weighted by Crippen LogP contribution is -2.42. The number of carbonyl (C=O) groups excluding carboxylic acids is 2. The number of alkyl halides is 3. The molecule has 166 valence electrons. The molecule has 7 nitrogen and oxygen atoms in total. The van der Waals surface area contributed by atoms with Crippen molar-refractivity contribution in [2.24, 2.45) is 0 Å². The molecule has 0 saturated carbocycles. The fourth-order valence-electron chi connectivity index (χ4n) is 2.94. The standard InChI is InChI=1S/C21H21F3N2O5/c1-29-18-12-14(21(22,23)24)2-7-17(18)20(28)25-15-3-5-16(6-4-15)31-13-19(27)26-8-10-30-11-9-26/h2-7,12H,8-11,13H2,1H3,(H,25,28). The van der Waals surface area contributed by atoms with E-state index in [0.29, 0.717) is 37.7 Å². The Morgan fingerprint density at radius 1 is 1.10 bits per heavy atom. The van der Waals surface area contributed by atoms with Crippen molar-refractivity contribution in [3.63, 3.8) is 0 Å². The van der Waals surface area contributed by atoms with Crippen molar-refractivity contribution in [3.8, 4) is 11.5 Å². The molecule has 0 atom stereocenters. The van der Waals surface area contributed by atoms with Crippen LogP contribution >= 0.6 is 0 Å². The number of carbonyl (C=O) groups is 2. The zero-order chi connectivity index (χ0) is 22.4. The number of nitrogens with one attached hydrogen (secondary N) is 1. The number of ether oxygens (including phenoxy) is 3. The van der Waals surface area contributed by atoms with Gasteiger partial charge in [0, 0.05) is 18.8 Å². The van der Waals surface area contributed by atoms with Crippen LogP contribution in [0.3, 0.4) is 0 Å². The maximum atomic E-state index is 12.8. The lowest BCUT2D eigenvalue weighted by molar-refractivity contribution is -0.138. The fraction of sp³-hybridized carbons (Fsp3) is 0.333. The highest BCUT2D eigenvalue weighted by Crippen LogP contribution is 2.33. The summed E-state index contributed by atoms with van der Waals surface area (Å²) >= 11 is 0. The maximum Gasteiger partial charge on any atom is 0.416 e. The van der Waals surface area contributed by atoms with Crippen molar-refractivity contribution in [1.29, 1.82) is 0 Å². The number of nitrogens with zero attached hydrogens (tertiary/aromatic N) is 1. The molecule has 1 N–H and O–H groups in total. The number of halogens is 3. The summed E-state index contributed by atoms with van der Waals surface area (Å²) in [6.45, 7) is 1.95. The molecule has 0 radical (unpaired) electrons. The second kappa shape index (κ2) is 9.69. The van der Waals surface area contributed by atoms with E-state index in [1.165, 1.54) is 7.11 Å². The number of hydrogen-bond acceptors (Lipinski definition) is 5.